The molecule has 1 saturated carbocycles. The summed E-state index contributed by atoms with van der Waals surface area (Å²) >= 11 is 6.29. The zero-order chi connectivity index (χ0) is 14.2. The highest BCUT2D eigenvalue weighted by Crippen LogP contribution is 2.41. The van der Waals surface area contributed by atoms with E-state index in [0.717, 1.165) is 11.4 Å². The highest BCUT2D eigenvalue weighted by Gasteiger charge is 2.34. The van der Waals surface area contributed by atoms with Gasteiger partial charge in [0.2, 0.25) is 0 Å². The lowest BCUT2D eigenvalue weighted by molar-refractivity contribution is 0.252. The van der Waals surface area contributed by atoms with Crippen molar-refractivity contribution in [2.45, 2.75) is 50.1 Å². The summed E-state index contributed by atoms with van der Waals surface area (Å²) in [7, 11) is 0. The van der Waals surface area contributed by atoms with E-state index in [2.05, 4.69) is 23.5 Å². The molecular weight excluding hydrogens is 282 g/mol. The van der Waals surface area contributed by atoms with Crippen LogP contribution in [0.5, 0.6) is 0 Å². The van der Waals surface area contributed by atoms with Crippen molar-refractivity contribution in [3.8, 4) is 0 Å². The summed E-state index contributed by atoms with van der Waals surface area (Å²) in [6.07, 6.45) is 7.74. The second-order valence-electron chi connectivity index (χ2n) is 6.30. The number of hydrogen-bond donors (Lipinski definition) is 1. The van der Waals surface area contributed by atoms with Gasteiger partial charge in [-0.3, -0.25) is 0 Å². The predicted molar refractivity (Wildman–Crippen MR) is 84.7 cm³/mol. The van der Waals surface area contributed by atoms with Crippen LogP contribution in [0.15, 0.2) is 41.0 Å². The first-order valence-corrected chi connectivity index (χ1v) is 8.26. The minimum absolute atomic E-state index is 0.477. The molecule has 1 atom stereocenters. The summed E-state index contributed by atoms with van der Waals surface area (Å²) in [6, 6.07) is 11.5. The summed E-state index contributed by atoms with van der Waals surface area (Å²) in [5.41, 5.74) is 2.69. The average Bonchev–Trinajstić information content (AvgIpc) is 2.93. The standard InChI is InChI=1S/C18H20ClNO/c19-16-5-2-1-4-14(16)12-10-13(11-12)20-17-6-3-7-18-15(17)8-9-21-18/h1-2,4-5,8-9,12-13,17,20H,3,6-7,10-11H2. The number of furan rings is 1. The third-order valence-electron chi connectivity index (χ3n) is 4.97. The fourth-order valence-electron chi connectivity index (χ4n) is 3.76. The van der Waals surface area contributed by atoms with Crippen LogP contribution in [0.3, 0.4) is 0 Å². The molecule has 0 spiro atoms. The Bertz CT molecular complexity index is 630. The molecule has 2 nitrogen and oxygen atoms in total. The quantitative estimate of drug-likeness (QED) is 0.877. The van der Waals surface area contributed by atoms with E-state index in [1.807, 2.05) is 18.4 Å². The minimum Gasteiger partial charge on any atom is -0.469 e. The first-order valence-electron chi connectivity index (χ1n) is 7.88. The van der Waals surface area contributed by atoms with E-state index in [-0.39, 0.29) is 0 Å². The van der Waals surface area contributed by atoms with Crippen LogP contribution in [0.25, 0.3) is 0 Å². The van der Waals surface area contributed by atoms with Gasteiger partial charge in [0.05, 0.1) is 6.26 Å². The number of hydrogen-bond acceptors (Lipinski definition) is 2. The summed E-state index contributed by atoms with van der Waals surface area (Å²) in [5.74, 6) is 1.80. The maximum Gasteiger partial charge on any atom is 0.108 e. The van der Waals surface area contributed by atoms with Gasteiger partial charge in [-0.05, 0) is 49.3 Å². The SMILES string of the molecule is Clc1ccccc1C1CC(NC2CCCc3occc32)C1. The Morgan fingerprint density at radius 3 is 2.81 bits per heavy atom. The molecule has 2 aliphatic rings. The molecule has 1 heterocycles. The van der Waals surface area contributed by atoms with Gasteiger partial charge in [-0.2, -0.15) is 0 Å². The zero-order valence-corrected chi connectivity index (χ0v) is 12.8. The first kappa shape index (κ1) is 13.4. The molecule has 110 valence electrons. The number of halogens is 1. The molecule has 0 saturated heterocycles. The molecule has 21 heavy (non-hydrogen) atoms. The van der Waals surface area contributed by atoms with Gasteiger partial charge in [0, 0.05) is 29.1 Å². The van der Waals surface area contributed by atoms with E-state index < -0.39 is 0 Å². The number of benzene rings is 1. The van der Waals surface area contributed by atoms with Gasteiger partial charge in [0.15, 0.2) is 0 Å². The van der Waals surface area contributed by atoms with E-state index in [9.17, 15) is 0 Å². The molecule has 1 fully saturated rings. The van der Waals surface area contributed by atoms with Crippen molar-refractivity contribution in [1.82, 2.24) is 5.32 Å². The molecule has 2 aliphatic carbocycles. The van der Waals surface area contributed by atoms with Crippen molar-refractivity contribution in [3.05, 3.63) is 58.5 Å². The molecule has 0 radical (unpaired) electrons. The van der Waals surface area contributed by atoms with E-state index in [1.54, 1.807) is 0 Å². The number of aryl methyl sites for hydroxylation is 1. The number of rotatable bonds is 3. The monoisotopic (exact) mass is 301 g/mol. The van der Waals surface area contributed by atoms with Gasteiger partial charge in [-0.15, -0.1) is 0 Å². The van der Waals surface area contributed by atoms with Crippen molar-refractivity contribution in [2.75, 3.05) is 0 Å². The fraction of sp³-hybridized carbons (Fsp3) is 0.444. The maximum atomic E-state index is 6.29. The third-order valence-corrected chi connectivity index (χ3v) is 5.32. The van der Waals surface area contributed by atoms with Crippen LogP contribution in [0, 0.1) is 0 Å². The molecule has 0 bridgehead atoms. The first-order chi connectivity index (χ1) is 10.3. The van der Waals surface area contributed by atoms with Crippen LogP contribution in [0.1, 0.15) is 54.5 Å². The molecule has 0 amide bonds. The summed E-state index contributed by atoms with van der Waals surface area (Å²) in [5, 5.41) is 4.73. The van der Waals surface area contributed by atoms with Crippen LogP contribution in [-0.4, -0.2) is 6.04 Å². The topological polar surface area (TPSA) is 25.2 Å². The van der Waals surface area contributed by atoms with Gasteiger partial charge < -0.3 is 9.73 Å². The van der Waals surface area contributed by atoms with Crippen molar-refractivity contribution in [3.63, 3.8) is 0 Å². The van der Waals surface area contributed by atoms with E-state index in [4.69, 9.17) is 16.0 Å². The fourth-order valence-corrected chi connectivity index (χ4v) is 4.05. The van der Waals surface area contributed by atoms with Crippen LogP contribution < -0.4 is 5.32 Å². The molecule has 1 N–H and O–H groups in total. The molecule has 3 heteroatoms. The van der Waals surface area contributed by atoms with Crippen molar-refractivity contribution in [1.29, 1.82) is 0 Å². The predicted octanol–water partition coefficient (Wildman–Crippen LogP) is 4.85. The van der Waals surface area contributed by atoms with Gasteiger partial charge in [-0.25, -0.2) is 0 Å². The van der Waals surface area contributed by atoms with E-state index >= 15 is 0 Å². The Balaban J connectivity index is 1.39. The highest BCUT2D eigenvalue weighted by atomic mass is 35.5. The number of fused-ring (bicyclic) bond motifs is 1. The van der Waals surface area contributed by atoms with Gasteiger partial charge >= 0.3 is 0 Å². The van der Waals surface area contributed by atoms with Crippen molar-refractivity contribution < 1.29 is 4.42 Å². The normalized spacial score (nSPS) is 28.0. The van der Waals surface area contributed by atoms with Crippen molar-refractivity contribution in [2.24, 2.45) is 0 Å². The Hall–Kier alpha value is -1.25. The van der Waals surface area contributed by atoms with Crippen LogP contribution >= 0.6 is 11.6 Å². The van der Waals surface area contributed by atoms with Crippen LogP contribution in [-0.2, 0) is 6.42 Å². The molecule has 4 rings (SSSR count). The maximum absolute atomic E-state index is 6.29. The second kappa shape index (κ2) is 5.51. The Kier molecular flexibility index (Phi) is 3.52. The average molecular weight is 302 g/mol. The van der Waals surface area contributed by atoms with Gasteiger partial charge in [0.1, 0.15) is 5.76 Å². The highest BCUT2D eigenvalue weighted by molar-refractivity contribution is 6.31. The summed E-state index contributed by atoms with van der Waals surface area (Å²) < 4.78 is 5.57. The Morgan fingerprint density at radius 1 is 1.10 bits per heavy atom. The molecule has 1 aromatic carbocycles. The van der Waals surface area contributed by atoms with Gasteiger partial charge in [-0.1, -0.05) is 29.8 Å². The molecule has 1 unspecified atom stereocenters. The molecule has 0 aliphatic heterocycles. The molecular formula is C18H20ClNO. The smallest absolute Gasteiger partial charge is 0.108 e. The minimum atomic E-state index is 0.477. The largest absolute Gasteiger partial charge is 0.469 e. The lowest BCUT2D eigenvalue weighted by Gasteiger charge is -2.39. The van der Waals surface area contributed by atoms with E-state index in [1.165, 1.54) is 42.6 Å². The summed E-state index contributed by atoms with van der Waals surface area (Å²) in [4.78, 5) is 0. The van der Waals surface area contributed by atoms with Crippen molar-refractivity contribution >= 4 is 11.6 Å². The zero-order valence-electron chi connectivity index (χ0n) is 12.0. The van der Waals surface area contributed by atoms with Gasteiger partial charge in [0.25, 0.3) is 0 Å². The lowest BCUT2D eigenvalue weighted by Crippen LogP contribution is -2.42. The van der Waals surface area contributed by atoms with Crippen LogP contribution in [0.4, 0.5) is 0 Å². The van der Waals surface area contributed by atoms with E-state index in [0.29, 0.717) is 18.0 Å². The molecule has 1 aromatic heterocycles. The lowest BCUT2D eigenvalue weighted by atomic mass is 9.75. The Morgan fingerprint density at radius 2 is 1.95 bits per heavy atom. The second-order valence-corrected chi connectivity index (χ2v) is 6.70. The summed E-state index contributed by atoms with van der Waals surface area (Å²) in [6.45, 7) is 0. The number of nitrogens with one attached hydrogen (secondary N) is 1. The third kappa shape index (κ3) is 2.51. The molecule has 2 aromatic rings. The Labute approximate surface area is 130 Å². The van der Waals surface area contributed by atoms with Crippen LogP contribution in [0.2, 0.25) is 5.02 Å².